The molecule has 8 heteroatoms. The first-order valence-electron chi connectivity index (χ1n) is 5.75. The van der Waals surface area contributed by atoms with Crippen LogP contribution in [0.4, 0.5) is 10.1 Å². The zero-order chi connectivity index (χ0) is 14.0. The Labute approximate surface area is 110 Å². The second kappa shape index (κ2) is 5.14. The van der Waals surface area contributed by atoms with Crippen molar-refractivity contribution in [3.63, 3.8) is 0 Å². The van der Waals surface area contributed by atoms with Crippen LogP contribution in [0.3, 0.4) is 0 Å². The van der Waals surface area contributed by atoms with E-state index in [0.717, 1.165) is 18.2 Å². The zero-order valence-electron chi connectivity index (χ0n) is 10.0. The van der Waals surface area contributed by atoms with Crippen LogP contribution in [0.1, 0.15) is 12.8 Å². The fourth-order valence-electron chi connectivity index (χ4n) is 1.90. The van der Waals surface area contributed by atoms with Gasteiger partial charge in [-0.2, -0.15) is 4.72 Å². The third kappa shape index (κ3) is 3.02. The highest BCUT2D eigenvalue weighted by atomic mass is 32.2. The molecule has 0 saturated carbocycles. The van der Waals surface area contributed by atoms with Gasteiger partial charge in [0.1, 0.15) is 16.8 Å². The van der Waals surface area contributed by atoms with Gasteiger partial charge in [-0.25, -0.2) is 12.8 Å². The molecule has 1 aliphatic heterocycles. The quantitative estimate of drug-likeness (QED) is 0.679. The van der Waals surface area contributed by atoms with Gasteiger partial charge >= 0.3 is 0 Å². The van der Waals surface area contributed by atoms with Crippen molar-refractivity contribution in [2.45, 2.75) is 23.8 Å². The molecular formula is C11H14FN3O3S. The Bertz CT molecular complexity index is 603. The number of rotatable bonds is 3. The van der Waals surface area contributed by atoms with Gasteiger partial charge in [0.25, 0.3) is 0 Å². The maximum atomic E-state index is 12.9. The minimum Gasteiger partial charge on any atom is -0.398 e. The van der Waals surface area contributed by atoms with Crippen molar-refractivity contribution >= 4 is 21.6 Å². The molecule has 0 aromatic heterocycles. The molecule has 1 aromatic carbocycles. The van der Waals surface area contributed by atoms with Crippen LogP contribution in [0, 0.1) is 5.82 Å². The molecule has 1 saturated heterocycles. The molecule has 1 aromatic rings. The topological polar surface area (TPSA) is 101 Å². The van der Waals surface area contributed by atoms with Gasteiger partial charge < -0.3 is 11.1 Å². The molecule has 6 nitrogen and oxygen atoms in total. The molecule has 2 rings (SSSR count). The number of anilines is 1. The van der Waals surface area contributed by atoms with E-state index in [1.54, 1.807) is 0 Å². The summed E-state index contributed by atoms with van der Waals surface area (Å²) in [5, 5.41) is 2.57. The Kier molecular flexibility index (Phi) is 3.72. The van der Waals surface area contributed by atoms with Crippen molar-refractivity contribution in [1.82, 2.24) is 10.0 Å². The summed E-state index contributed by atoms with van der Waals surface area (Å²) in [5.74, 6) is -0.984. The summed E-state index contributed by atoms with van der Waals surface area (Å²) >= 11 is 0. The highest BCUT2D eigenvalue weighted by molar-refractivity contribution is 7.89. The Hall–Kier alpha value is -1.67. The van der Waals surface area contributed by atoms with E-state index in [4.69, 9.17) is 5.73 Å². The average molecular weight is 287 g/mol. The number of benzene rings is 1. The van der Waals surface area contributed by atoms with Crippen molar-refractivity contribution < 1.29 is 17.6 Å². The van der Waals surface area contributed by atoms with Crippen LogP contribution in [0.5, 0.6) is 0 Å². The van der Waals surface area contributed by atoms with Crippen LogP contribution in [0.2, 0.25) is 0 Å². The van der Waals surface area contributed by atoms with Gasteiger partial charge in [0.15, 0.2) is 0 Å². The van der Waals surface area contributed by atoms with Crippen LogP contribution < -0.4 is 15.8 Å². The van der Waals surface area contributed by atoms with Crippen molar-refractivity contribution in [3.05, 3.63) is 24.0 Å². The lowest BCUT2D eigenvalue weighted by atomic mass is 10.1. The molecular weight excluding hydrogens is 273 g/mol. The molecule has 4 N–H and O–H groups in total. The van der Waals surface area contributed by atoms with Gasteiger partial charge in [-0.1, -0.05) is 0 Å². The Morgan fingerprint density at radius 2 is 2.16 bits per heavy atom. The Morgan fingerprint density at radius 1 is 1.42 bits per heavy atom. The summed E-state index contributed by atoms with van der Waals surface area (Å²) in [6.07, 6.45) is 1.12. The molecule has 1 unspecified atom stereocenters. The molecule has 0 spiro atoms. The van der Waals surface area contributed by atoms with Gasteiger partial charge in [-0.15, -0.1) is 0 Å². The first kappa shape index (κ1) is 13.8. The molecule has 1 atom stereocenters. The summed E-state index contributed by atoms with van der Waals surface area (Å²) in [6.45, 7) is 0.537. The van der Waals surface area contributed by atoms with Gasteiger partial charge in [0.05, 0.1) is 5.69 Å². The highest BCUT2D eigenvalue weighted by Crippen LogP contribution is 2.20. The monoisotopic (exact) mass is 287 g/mol. The van der Waals surface area contributed by atoms with Gasteiger partial charge in [-0.3, -0.25) is 4.79 Å². The first-order chi connectivity index (χ1) is 8.90. The van der Waals surface area contributed by atoms with Crippen molar-refractivity contribution in [3.8, 4) is 0 Å². The fourth-order valence-corrected chi connectivity index (χ4v) is 3.24. The minimum atomic E-state index is -3.94. The zero-order valence-corrected chi connectivity index (χ0v) is 10.8. The van der Waals surface area contributed by atoms with Crippen LogP contribution in [0.25, 0.3) is 0 Å². The molecule has 0 radical (unpaired) electrons. The van der Waals surface area contributed by atoms with E-state index >= 15 is 0 Å². The van der Waals surface area contributed by atoms with E-state index in [9.17, 15) is 17.6 Å². The Morgan fingerprint density at radius 3 is 2.79 bits per heavy atom. The van der Waals surface area contributed by atoms with E-state index < -0.39 is 21.9 Å². The minimum absolute atomic E-state index is 0.191. The molecule has 1 fully saturated rings. The number of piperidine rings is 1. The first-order valence-corrected chi connectivity index (χ1v) is 7.23. The SMILES string of the molecule is Nc1cc(F)ccc1S(=O)(=O)NC1CCCNC1=O. The predicted molar refractivity (Wildman–Crippen MR) is 67.2 cm³/mol. The predicted octanol–water partition coefficient (Wildman–Crippen LogP) is -0.0352. The van der Waals surface area contributed by atoms with Gasteiger partial charge in [-0.05, 0) is 31.0 Å². The second-order valence-electron chi connectivity index (χ2n) is 4.29. The molecule has 0 aliphatic carbocycles. The summed E-state index contributed by atoms with van der Waals surface area (Å²) in [4.78, 5) is 11.3. The molecule has 0 bridgehead atoms. The molecule has 19 heavy (non-hydrogen) atoms. The molecule has 1 amide bonds. The second-order valence-corrected chi connectivity index (χ2v) is 5.97. The van der Waals surface area contributed by atoms with E-state index in [0.29, 0.717) is 19.4 Å². The maximum Gasteiger partial charge on any atom is 0.243 e. The Balaban J connectivity index is 2.24. The standard InChI is InChI=1S/C11H14FN3O3S/c12-7-3-4-10(8(13)6-7)19(17,18)15-9-2-1-5-14-11(9)16/h3-4,6,9,15H,1-2,5,13H2,(H,14,16). The van der Waals surface area contributed by atoms with Gasteiger partial charge in [0, 0.05) is 6.54 Å². The smallest absolute Gasteiger partial charge is 0.243 e. The number of nitrogen functional groups attached to an aromatic ring is 1. The van der Waals surface area contributed by atoms with Crippen LogP contribution in [-0.2, 0) is 14.8 Å². The van der Waals surface area contributed by atoms with E-state index in [1.165, 1.54) is 0 Å². The van der Waals surface area contributed by atoms with Gasteiger partial charge in [0.2, 0.25) is 15.9 Å². The lowest BCUT2D eigenvalue weighted by molar-refractivity contribution is -0.124. The van der Waals surface area contributed by atoms with Crippen molar-refractivity contribution in [2.24, 2.45) is 0 Å². The van der Waals surface area contributed by atoms with Crippen LogP contribution in [-0.4, -0.2) is 26.9 Å². The third-order valence-corrected chi connectivity index (χ3v) is 4.39. The lowest BCUT2D eigenvalue weighted by Crippen LogP contribution is -2.50. The third-order valence-electron chi connectivity index (χ3n) is 2.84. The number of nitrogens with one attached hydrogen (secondary N) is 2. The van der Waals surface area contributed by atoms with Crippen LogP contribution in [0.15, 0.2) is 23.1 Å². The van der Waals surface area contributed by atoms with Crippen LogP contribution >= 0.6 is 0 Å². The maximum absolute atomic E-state index is 12.9. The number of carbonyl (C=O) groups is 1. The summed E-state index contributed by atoms with van der Waals surface area (Å²) < 4.78 is 39.3. The van der Waals surface area contributed by atoms with E-state index in [1.807, 2.05) is 0 Å². The number of halogens is 1. The number of hydrogen-bond acceptors (Lipinski definition) is 4. The molecule has 1 heterocycles. The average Bonchev–Trinajstić information content (AvgIpc) is 2.31. The normalized spacial score (nSPS) is 20.1. The number of sulfonamides is 1. The molecule has 1 aliphatic rings. The highest BCUT2D eigenvalue weighted by Gasteiger charge is 2.28. The number of hydrogen-bond donors (Lipinski definition) is 3. The number of amides is 1. The number of nitrogens with two attached hydrogens (primary N) is 1. The van der Waals surface area contributed by atoms with Crippen molar-refractivity contribution in [1.29, 1.82) is 0 Å². The summed E-state index contributed by atoms with van der Waals surface area (Å²) in [5.41, 5.74) is 5.30. The van der Waals surface area contributed by atoms with E-state index in [2.05, 4.69) is 10.0 Å². The summed E-state index contributed by atoms with van der Waals surface area (Å²) in [7, 11) is -3.94. The van der Waals surface area contributed by atoms with E-state index in [-0.39, 0.29) is 16.5 Å². The summed E-state index contributed by atoms with van der Waals surface area (Å²) in [6, 6.07) is 2.19. The van der Waals surface area contributed by atoms with Crippen molar-refractivity contribution in [2.75, 3.05) is 12.3 Å². The lowest BCUT2D eigenvalue weighted by Gasteiger charge is -2.22. The largest absolute Gasteiger partial charge is 0.398 e. The fraction of sp³-hybridized carbons (Fsp3) is 0.364. The number of carbonyl (C=O) groups excluding carboxylic acids is 1. The molecule has 104 valence electrons.